The van der Waals surface area contributed by atoms with Gasteiger partial charge in [0.15, 0.2) is 0 Å². The summed E-state index contributed by atoms with van der Waals surface area (Å²) >= 11 is 6.11. The van der Waals surface area contributed by atoms with Gasteiger partial charge >= 0.3 is 0 Å². The molecule has 1 aromatic rings. The fourth-order valence-corrected chi connectivity index (χ4v) is 2.09. The Bertz CT molecular complexity index is 509. The second kappa shape index (κ2) is 7.46. The highest BCUT2D eigenvalue weighted by Gasteiger charge is 2.16. The number of hydrogen-bond donors (Lipinski definition) is 1. The maximum Gasteiger partial charge on any atom is 0.222 e. The highest BCUT2D eigenvalue weighted by atomic mass is 35.5. The first-order chi connectivity index (χ1) is 9.69. The number of carbonyl (C=O) groups excluding carboxylic acids is 2. The molecule has 0 aliphatic carbocycles. The number of nitrogens with one attached hydrogen (secondary N) is 1. The average molecular weight is 311 g/mol. The van der Waals surface area contributed by atoms with Crippen LogP contribution in [0.1, 0.15) is 39.7 Å². The van der Waals surface area contributed by atoms with Crippen LogP contribution in [0.25, 0.3) is 0 Å². The van der Waals surface area contributed by atoms with Crippen LogP contribution in [-0.2, 0) is 16.1 Å². The minimum absolute atomic E-state index is 0.0621. The minimum atomic E-state index is -0.263. The lowest BCUT2D eigenvalue weighted by atomic mass is 10.1. The Kier molecular flexibility index (Phi) is 6.21. The molecular formula is C16H23ClN2O2. The lowest BCUT2D eigenvalue weighted by Gasteiger charge is -2.24. The van der Waals surface area contributed by atoms with E-state index in [1.807, 2.05) is 39.0 Å². The molecule has 0 aliphatic heterocycles. The van der Waals surface area contributed by atoms with Gasteiger partial charge in [-0.1, -0.05) is 29.8 Å². The fraction of sp³-hybridized carbons (Fsp3) is 0.500. The standard InChI is InChI=1S/C16H23ClN2O2/c1-12(20)19(10-9-15(21)18-16(2,3)4)11-13-7-5-6-8-14(13)17/h5-8H,9-11H2,1-4H3,(H,18,21). The van der Waals surface area contributed by atoms with Crippen molar-refractivity contribution in [3.63, 3.8) is 0 Å². The molecular weight excluding hydrogens is 288 g/mol. The molecule has 116 valence electrons. The number of carbonyl (C=O) groups is 2. The van der Waals surface area contributed by atoms with E-state index in [0.29, 0.717) is 18.1 Å². The summed E-state index contributed by atoms with van der Waals surface area (Å²) in [5.74, 6) is -0.133. The van der Waals surface area contributed by atoms with E-state index in [-0.39, 0.29) is 23.8 Å². The zero-order valence-electron chi connectivity index (χ0n) is 13.1. The largest absolute Gasteiger partial charge is 0.351 e. The van der Waals surface area contributed by atoms with Crippen LogP contribution >= 0.6 is 11.6 Å². The summed E-state index contributed by atoms with van der Waals surface area (Å²) in [6.07, 6.45) is 0.279. The number of halogens is 1. The van der Waals surface area contributed by atoms with Crippen molar-refractivity contribution < 1.29 is 9.59 Å². The van der Waals surface area contributed by atoms with Gasteiger partial charge in [-0.2, -0.15) is 0 Å². The average Bonchev–Trinajstić information content (AvgIpc) is 2.34. The second-order valence-electron chi connectivity index (χ2n) is 6.08. The van der Waals surface area contributed by atoms with E-state index in [1.54, 1.807) is 11.0 Å². The highest BCUT2D eigenvalue weighted by molar-refractivity contribution is 6.31. The number of nitrogens with zero attached hydrogens (tertiary/aromatic N) is 1. The Labute approximate surface area is 131 Å². The molecule has 1 aromatic carbocycles. The third-order valence-electron chi connectivity index (χ3n) is 2.89. The van der Waals surface area contributed by atoms with Crippen molar-refractivity contribution in [3.8, 4) is 0 Å². The molecule has 5 heteroatoms. The molecule has 4 nitrogen and oxygen atoms in total. The Morgan fingerprint density at radius 2 is 1.86 bits per heavy atom. The summed E-state index contributed by atoms with van der Waals surface area (Å²) in [5.41, 5.74) is 0.617. The fourth-order valence-electron chi connectivity index (χ4n) is 1.90. The molecule has 0 radical (unpaired) electrons. The van der Waals surface area contributed by atoms with Crippen molar-refractivity contribution >= 4 is 23.4 Å². The van der Waals surface area contributed by atoms with Gasteiger partial charge in [-0.15, -0.1) is 0 Å². The normalized spacial score (nSPS) is 11.1. The van der Waals surface area contributed by atoms with Gasteiger partial charge in [-0.25, -0.2) is 0 Å². The van der Waals surface area contributed by atoms with Gasteiger partial charge in [-0.05, 0) is 32.4 Å². The molecule has 1 N–H and O–H groups in total. The van der Waals surface area contributed by atoms with Gasteiger partial charge in [0.05, 0.1) is 0 Å². The van der Waals surface area contributed by atoms with Gasteiger partial charge in [0.25, 0.3) is 0 Å². The molecule has 0 unspecified atom stereocenters. The van der Waals surface area contributed by atoms with Crippen LogP contribution in [-0.4, -0.2) is 28.8 Å². The summed E-state index contributed by atoms with van der Waals surface area (Å²) in [7, 11) is 0. The molecule has 0 heterocycles. The van der Waals surface area contributed by atoms with Gasteiger partial charge in [0.2, 0.25) is 11.8 Å². The highest BCUT2D eigenvalue weighted by Crippen LogP contribution is 2.17. The van der Waals surface area contributed by atoms with E-state index in [1.165, 1.54) is 6.92 Å². The molecule has 0 saturated carbocycles. The van der Waals surface area contributed by atoms with Gasteiger partial charge in [0.1, 0.15) is 0 Å². The third kappa shape index (κ3) is 6.63. The zero-order chi connectivity index (χ0) is 16.0. The van der Waals surface area contributed by atoms with Gasteiger partial charge in [-0.3, -0.25) is 9.59 Å². The van der Waals surface area contributed by atoms with Crippen molar-refractivity contribution in [2.75, 3.05) is 6.54 Å². The molecule has 0 aromatic heterocycles. The number of hydrogen-bond acceptors (Lipinski definition) is 2. The monoisotopic (exact) mass is 310 g/mol. The minimum Gasteiger partial charge on any atom is -0.351 e. The van der Waals surface area contributed by atoms with E-state index in [2.05, 4.69) is 5.32 Å². The first-order valence-corrected chi connectivity index (χ1v) is 7.37. The summed E-state index contributed by atoms with van der Waals surface area (Å²) in [5, 5.41) is 3.51. The number of amides is 2. The summed E-state index contributed by atoms with van der Waals surface area (Å²) in [6, 6.07) is 7.40. The Morgan fingerprint density at radius 1 is 1.24 bits per heavy atom. The second-order valence-corrected chi connectivity index (χ2v) is 6.49. The lowest BCUT2D eigenvalue weighted by Crippen LogP contribution is -2.42. The maximum absolute atomic E-state index is 11.8. The Balaban J connectivity index is 2.61. The topological polar surface area (TPSA) is 49.4 Å². The summed E-state index contributed by atoms with van der Waals surface area (Å²) in [6.45, 7) is 8.07. The van der Waals surface area contributed by atoms with Crippen LogP contribution in [0.15, 0.2) is 24.3 Å². The third-order valence-corrected chi connectivity index (χ3v) is 3.26. The van der Waals surface area contributed by atoms with Crippen LogP contribution in [0.5, 0.6) is 0 Å². The molecule has 2 amide bonds. The molecule has 0 bridgehead atoms. The number of benzene rings is 1. The molecule has 21 heavy (non-hydrogen) atoms. The molecule has 0 atom stereocenters. The van der Waals surface area contributed by atoms with E-state index < -0.39 is 0 Å². The van der Waals surface area contributed by atoms with E-state index in [0.717, 1.165) is 5.56 Å². The van der Waals surface area contributed by atoms with Crippen LogP contribution in [0, 0.1) is 0 Å². The van der Waals surface area contributed by atoms with Crippen molar-refractivity contribution in [3.05, 3.63) is 34.9 Å². The molecule has 0 aliphatic rings. The van der Waals surface area contributed by atoms with Crippen molar-refractivity contribution in [2.24, 2.45) is 0 Å². The smallest absolute Gasteiger partial charge is 0.222 e. The Morgan fingerprint density at radius 3 is 2.38 bits per heavy atom. The van der Waals surface area contributed by atoms with Crippen molar-refractivity contribution in [2.45, 2.75) is 46.2 Å². The van der Waals surface area contributed by atoms with Crippen molar-refractivity contribution in [1.82, 2.24) is 10.2 Å². The van der Waals surface area contributed by atoms with Crippen LogP contribution in [0.3, 0.4) is 0 Å². The SMILES string of the molecule is CC(=O)N(CCC(=O)NC(C)(C)C)Cc1ccccc1Cl. The first-order valence-electron chi connectivity index (χ1n) is 6.99. The van der Waals surface area contributed by atoms with Crippen LogP contribution in [0.4, 0.5) is 0 Å². The molecule has 1 rings (SSSR count). The van der Waals surface area contributed by atoms with E-state index in [9.17, 15) is 9.59 Å². The first kappa shape index (κ1) is 17.5. The predicted molar refractivity (Wildman–Crippen MR) is 85.1 cm³/mol. The molecule has 0 saturated heterocycles. The quantitative estimate of drug-likeness (QED) is 0.909. The maximum atomic E-state index is 11.8. The van der Waals surface area contributed by atoms with E-state index >= 15 is 0 Å². The number of rotatable bonds is 5. The molecule has 0 spiro atoms. The molecule has 0 fully saturated rings. The lowest BCUT2D eigenvalue weighted by molar-refractivity contribution is -0.130. The van der Waals surface area contributed by atoms with Gasteiger partial charge in [0, 0.05) is 37.0 Å². The van der Waals surface area contributed by atoms with Crippen molar-refractivity contribution in [1.29, 1.82) is 0 Å². The van der Waals surface area contributed by atoms with Crippen LogP contribution < -0.4 is 5.32 Å². The Hall–Kier alpha value is -1.55. The summed E-state index contributed by atoms with van der Waals surface area (Å²) in [4.78, 5) is 25.2. The van der Waals surface area contributed by atoms with E-state index in [4.69, 9.17) is 11.6 Å². The zero-order valence-corrected chi connectivity index (χ0v) is 13.8. The van der Waals surface area contributed by atoms with Gasteiger partial charge < -0.3 is 10.2 Å². The summed E-state index contributed by atoms with van der Waals surface area (Å²) < 4.78 is 0. The van der Waals surface area contributed by atoms with Crippen LogP contribution in [0.2, 0.25) is 5.02 Å². The predicted octanol–water partition coefficient (Wildman–Crippen LogP) is 2.99.